The first kappa shape index (κ1) is 23.0. The number of carbonyl (C=O) groups excluding carboxylic acids is 1. The fourth-order valence-electron chi connectivity index (χ4n) is 4.03. The lowest BCUT2D eigenvalue weighted by molar-refractivity contribution is 0.0950. The average molecular weight is 477 g/mol. The number of fused-ring (bicyclic) bond motifs is 1. The molecule has 3 aromatic heterocycles. The number of nitrogens with one attached hydrogen (secondary N) is 1. The molecule has 5 aromatic rings. The highest BCUT2D eigenvalue weighted by molar-refractivity contribution is 5.96. The van der Waals surface area contributed by atoms with Crippen LogP contribution < -0.4 is 14.8 Å². The Labute approximate surface area is 208 Å². The SMILES string of the molecule is COc1cc2nccc(Oc3cccc(C(=O)NCc4ccncc4)c3C)c2cc1-c1ccncc1. The third kappa shape index (κ3) is 4.72. The Morgan fingerprint density at radius 1 is 0.861 bits per heavy atom. The Bertz CT molecular complexity index is 1520. The van der Waals surface area contributed by atoms with Gasteiger partial charge < -0.3 is 14.8 Å². The van der Waals surface area contributed by atoms with Crippen LogP contribution in [-0.2, 0) is 6.54 Å². The van der Waals surface area contributed by atoms with Crippen LogP contribution in [0.4, 0.5) is 0 Å². The summed E-state index contributed by atoms with van der Waals surface area (Å²) in [4.78, 5) is 25.5. The molecule has 0 saturated heterocycles. The predicted molar refractivity (Wildman–Crippen MR) is 138 cm³/mol. The van der Waals surface area contributed by atoms with Crippen LogP contribution in [0.3, 0.4) is 0 Å². The molecule has 1 amide bonds. The zero-order valence-electron chi connectivity index (χ0n) is 19.9. The van der Waals surface area contributed by atoms with Gasteiger partial charge in [-0.15, -0.1) is 0 Å². The van der Waals surface area contributed by atoms with E-state index in [-0.39, 0.29) is 5.91 Å². The maximum Gasteiger partial charge on any atom is 0.251 e. The Hall–Kier alpha value is -4.78. The average Bonchev–Trinajstić information content (AvgIpc) is 2.93. The second-order valence-electron chi connectivity index (χ2n) is 8.18. The summed E-state index contributed by atoms with van der Waals surface area (Å²) < 4.78 is 12.0. The smallest absolute Gasteiger partial charge is 0.251 e. The van der Waals surface area contributed by atoms with Crippen molar-refractivity contribution in [2.45, 2.75) is 13.5 Å². The first-order valence-electron chi connectivity index (χ1n) is 11.5. The number of benzene rings is 2. The molecule has 2 aromatic carbocycles. The summed E-state index contributed by atoms with van der Waals surface area (Å²) in [5.41, 5.74) is 4.91. The monoisotopic (exact) mass is 476 g/mol. The minimum atomic E-state index is -0.168. The largest absolute Gasteiger partial charge is 0.496 e. The minimum Gasteiger partial charge on any atom is -0.496 e. The van der Waals surface area contributed by atoms with E-state index < -0.39 is 0 Å². The van der Waals surface area contributed by atoms with Gasteiger partial charge in [0.15, 0.2) is 0 Å². The summed E-state index contributed by atoms with van der Waals surface area (Å²) in [6, 6.07) is 18.8. The number of carbonyl (C=O) groups is 1. The number of hydrogen-bond donors (Lipinski definition) is 1. The van der Waals surface area contributed by atoms with Gasteiger partial charge in [0.05, 0.1) is 12.6 Å². The number of rotatable bonds is 7. The van der Waals surface area contributed by atoms with Gasteiger partial charge in [-0.05, 0) is 66.6 Å². The Kier molecular flexibility index (Phi) is 6.53. The van der Waals surface area contributed by atoms with Gasteiger partial charge in [-0.25, -0.2) is 0 Å². The molecule has 7 nitrogen and oxygen atoms in total. The molecule has 0 radical (unpaired) electrons. The summed E-state index contributed by atoms with van der Waals surface area (Å²) in [6.45, 7) is 2.30. The first-order chi connectivity index (χ1) is 17.6. The van der Waals surface area contributed by atoms with Gasteiger partial charge in [-0.3, -0.25) is 19.7 Å². The lowest BCUT2D eigenvalue weighted by atomic mass is 10.0. The van der Waals surface area contributed by atoms with Crippen molar-refractivity contribution in [1.29, 1.82) is 0 Å². The second kappa shape index (κ2) is 10.2. The van der Waals surface area contributed by atoms with E-state index in [0.717, 1.165) is 33.2 Å². The van der Waals surface area contributed by atoms with Crippen molar-refractivity contribution in [3.8, 4) is 28.4 Å². The number of nitrogens with zero attached hydrogens (tertiary/aromatic N) is 3. The summed E-state index contributed by atoms with van der Waals surface area (Å²) >= 11 is 0. The Morgan fingerprint density at radius 2 is 1.61 bits per heavy atom. The van der Waals surface area contributed by atoms with E-state index in [9.17, 15) is 4.79 Å². The van der Waals surface area contributed by atoms with Crippen LogP contribution in [0.5, 0.6) is 17.2 Å². The van der Waals surface area contributed by atoms with Crippen LogP contribution in [0.2, 0.25) is 0 Å². The van der Waals surface area contributed by atoms with E-state index in [0.29, 0.717) is 29.4 Å². The van der Waals surface area contributed by atoms with Crippen molar-refractivity contribution in [1.82, 2.24) is 20.3 Å². The molecule has 0 bridgehead atoms. The van der Waals surface area contributed by atoms with Crippen molar-refractivity contribution in [2.75, 3.05) is 7.11 Å². The standard InChI is InChI=1S/C29H24N4O3/c1-19-22(29(34)33-18-20-6-11-30-12-7-20)4-3-5-26(19)36-27-10-15-32-25-17-28(35-2)23(16-24(25)27)21-8-13-31-14-9-21/h3-17H,18H2,1-2H3,(H,33,34). The number of aromatic nitrogens is 3. The van der Waals surface area contributed by atoms with Gasteiger partial charge in [0.1, 0.15) is 17.2 Å². The van der Waals surface area contributed by atoms with Crippen LogP contribution in [0.25, 0.3) is 22.0 Å². The minimum absolute atomic E-state index is 0.168. The summed E-state index contributed by atoms with van der Waals surface area (Å²) in [7, 11) is 1.64. The van der Waals surface area contributed by atoms with E-state index in [1.807, 2.05) is 61.5 Å². The first-order valence-corrected chi connectivity index (χ1v) is 11.5. The number of amides is 1. The normalized spacial score (nSPS) is 10.7. The molecule has 0 aliphatic carbocycles. The molecule has 178 valence electrons. The zero-order chi connectivity index (χ0) is 24.9. The van der Waals surface area contributed by atoms with Gasteiger partial charge in [0.2, 0.25) is 0 Å². The van der Waals surface area contributed by atoms with Crippen molar-refractivity contribution >= 4 is 16.8 Å². The lowest BCUT2D eigenvalue weighted by Crippen LogP contribution is -2.23. The summed E-state index contributed by atoms with van der Waals surface area (Å²) in [5, 5.41) is 3.79. The predicted octanol–water partition coefficient (Wildman–Crippen LogP) is 5.73. The Morgan fingerprint density at radius 3 is 2.36 bits per heavy atom. The number of methoxy groups -OCH3 is 1. The van der Waals surface area contributed by atoms with E-state index in [1.165, 1.54) is 0 Å². The summed E-state index contributed by atoms with van der Waals surface area (Å²) in [6.07, 6.45) is 8.60. The molecule has 7 heteroatoms. The van der Waals surface area contributed by atoms with E-state index in [2.05, 4.69) is 20.3 Å². The van der Waals surface area contributed by atoms with Crippen molar-refractivity contribution in [3.05, 3.63) is 108 Å². The Balaban J connectivity index is 1.47. The third-order valence-corrected chi connectivity index (χ3v) is 5.97. The fourth-order valence-corrected chi connectivity index (χ4v) is 4.03. The summed E-state index contributed by atoms with van der Waals surface area (Å²) in [5.74, 6) is 1.78. The third-order valence-electron chi connectivity index (χ3n) is 5.97. The second-order valence-corrected chi connectivity index (χ2v) is 8.18. The van der Waals surface area contributed by atoms with Crippen molar-refractivity contribution < 1.29 is 14.3 Å². The molecule has 0 saturated carbocycles. The molecule has 3 heterocycles. The highest BCUT2D eigenvalue weighted by Gasteiger charge is 2.16. The quantitative estimate of drug-likeness (QED) is 0.323. The highest BCUT2D eigenvalue weighted by atomic mass is 16.5. The molecule has 0 unspecified atom stereocenters. The molecular weight excluding hydrogens is 452 g/mol. The molecule has 0 spiro atoms. The zero-order valence-corrected chi connectivity index (χ0v) is 19.9. The van der Waals surface area contributed by atoms with E-state index in [1.54, 1.807) is 44.2 Å². The maximum absolute atomic E-state index is 12.9. The molecule has 0 aliphatic rings. The number of pyridine rings is 3. The van der Waals surface area contributed by atoms with Gasteiger partial charge >= 0.3 is 0 Å². The number of hydrogen-bond acceptors (Lipinski definition) is 6. The molecule has 0 fully saturated rings. The molecule has 1 N–H and O–H groups in total. The lowest BCUT2D eigenvalue weighted by Gasteiger charge is -2.15. The maximum atomic E-state index is 12.9. The van der Waals surface area contributed by atoms with Crippen molar-refractivity contribution in [2.24, 2.45) is 0 Å². The van der Waals surface area contributed by atoms with E-state index >= 15 is 0 Å². The molecule has 5 rings (SSSR count). The van der Waals surface area contributed by atoms with Gasteiger partial charge in [0, 0.05) is 65.7 Å². The molecule has 36 heavy (non-hydrogen) atoms. The van der Waals surface area contributed by atoms with Crippen LogP contribution in [0, 0.1) is 6.92 Å². The van der Waals surface area contributed by atoms with Gasteiger partial charge in [0.25, 0.3) is 5.91 Å². The highest BCUT2D eigenvalue weighted by Crippen LogP contribution is 2.38. The van der Waals surface area contributed by atoms with Gasteiger partial charge in [-0.1, -0.05) is 6.07 Å². The van der Waals surface area contributed by atoms with Crippen LogP contribution >= 0.6 is 0 Å². The van der Waals surface area contributed by atoms with Crippen molar-refractivity contribution in [3.63, 3.8) is 0 Å². The topological polar surface area (TPSA) is 86.2 Å². The van der Waals surface area contributed by atoms with Crippen LogP contribution in [0.1, 0.15) is 21.5 Å². The van der Waals surface area contributed by atoms with Gasteiger partial charge in [-0.2, -0.15) is 0 Å². The number of ether oxygens (including phenoxy) is 2. The van der Waals surface area contributed by atoms with Crippen LogP contribution in [-0.4, -0.2) is 28.0 Å². The molecule has 0 atom stereocenters. The fraction of sp³-hybridized carbons (Fsp3) is 0.103. The molecular formula is C29H24N4O3. The van der Waals surface area contributed by atoms with Crippen LogP contribution in [0.15, 0.2) is 91.6 Å². The molecule has 0 aliphatic heterocycles. The van der Waals surface area contributed by atoms with E-state index in [4.69, 9.17) is 9.47 Å².